The number of pyridine rings is 1. The molecule has 52 valence electrons. The fraction of sp³-hybridized carbons (Fsp3) is 0. The van der Waals surface area contributed by atoms with Crippen LogP contribution in [0.3, 0.4) is 0 Å². The lowest BCUT2D eigenvalue weighted by Crippen LogP contribution is -1.94. The van der Waals surface area contributed by atoms with Crippen molar-refractivity contribution in [1.29, 1.82) is 0 Å². The van der Waals surface area contributed by atoms with Gasteiger partial charge in [-0.1, -0.05) is 6.07 Å². The lowest BCUT2D eigenvalue weighted by molar-refractivity contribution is 0.107. The lowest BCUT2D eigenvalue weighted by Gasteiger charge is -1.90. The van der Waals surface area contributed by atoms with Gasteiger partial charge in [-0.25, -0.2) is 0 Å². The zero-order valence-electron chi connectivity index (χ0n) is 5.02. The molecular weight excluding hydrogens is 150 g/mol. The van der Waals surface area contributed by atoms with Gasteiger partial charge >= 0.3 is 0 Å². The van der Waals surface area contributed by atoms with E-state index in [0.29, 0.717) is 0 Å². The smallest absolute Gasteiger partial charge is 0.264 e. The molecular formula is C6H5NO2S. The van der Waals surface area contributed by atoms with Gasteiger partial charge in [0.15, 0.2) is 0 Å². The molecule has 0 bridgehead atoms. The molecule has 1 aromatic heterocycles. The zero-order valence-corrected chi connectivity index (χ0v) is 5.84. The molecule has 1 rings (SSSR count). The highest BCUT2D eigenvalue weighted by molar-refractivity contribution is 8.09. The van der Waals surface area contributed by atoms with E-state index in [4.69, 9.17) is 4.55 Å². The maximum atomic E-state index is 10.7. The van der Waals surface area contributed by atoms with Crippen molar-refractivity contribution in [2.75, 3.05) is 0 Å². The monoisotopic (exact) mass is 155 g/mol. The third-order valence-corrected chi connectivity index (χ3v) is 1.33. The molecule has 0 radical (unpaired) electrons. The third kappa shape index (κ3) is 1.55. The molecule has 1 heterocycles. The van der Waals surface area contributed by atoms with E-state index in [1.165, 1.54) is 6.20 Å². The highest BCUT2D eigenvalue weighted by atomic mass is 32.2. The Kier molecular flexibility index (Phi) is 2.42. The summed E-state index contributed by atoms with van der Waals surface area (Å²) in [6.07, 6.45) is 1.50. The van der Waals surface area contributed by atoms with Crippen LogP contribution in [0, 0.1) is 0 Å². The van der Waals surface area contributed by atoms with Crippen LogP contribution in [0.5, 0.6) is 0 Å². The Morgan fingerprint density at radius 1 is 1.60 bits per heavy atom. The molecule has 0 amide bonds. The molecule has 1 N–H and O–H groups in total. The Hall–Kier alpha value is -0.870. The Bertz CT molecular complexity index is 224. The standard InChI is InChI=1S/C6H5NO2S/c8-6(10-9)5-3-1-2-4-7-5/h1-4,9H. The summed E-state index contributed by atoms with van der Waals surface area (Å²) < 4.78 is 8.32. The molecule has 0 aliphatic rings. The van der Waals surface area contributed by atoms with Crippen molar-refractivity contribution in [3.63, 3.8) is 0 Å². The van der Waals surface area contributed by atoms with Gasteiger partial charge in [0.1, 0.15) is 5.69 Å². The van der Waals surface area contributed by atoms with Gasteiger partial charge in [-0.05, 0) is 12.1 Å². The second kappa shape index (κ2) is 3.34. The second-order valence-electron chi connectivity index (χ2n) is 1.59. The number of nitrogens with zero attached hydrogens (tertiary/aromatic N) is 1. The topological polar surface area (TPSA) is 50.2 Å². The minimum absolute atomic E-state index is 0.176. The van der Waals surface area contributed by atoms with Crippen LogP contribution in [0.2, 0.25) is 0 Å². The van der Waals surface area contributed by atoms with Gasteiger partial charge < -0.3 is 4.55 Å². The third-order valence-electron chi connectivity index (χ3n) is 0.957. The first-order valence-electron chi connectivity index (χ1n) is 2.61. The van der Waals surface area contributed by atoms with Crippen LogP contribution in [0.25, 0.3) is 0 Å². The fourth-order valence-electron chi connectivity index (χ4n) is 0.530. The maximum absolute atomic E-state index is 10.7. The average molecular weight is 155 g/mol. The average Bonchev–Trinajstić information content (AvgIpc) is 2.05. The SMILES string of the molecule is O=C(SO)c1ccccn1. The number of aromatic nitrogens is 1. The molecule has 0 spiro atoms. The number of hydrogen-bond acceptors (Lipinski definition) is 4. The molecule has 0 saturated heterocycles. The first-order valence-corrected chi connectivity index (χ1v) is 3.38. The molecule has 0 atom stereocenters. The largest absolute Gasteiger partial charge is 0.323 e. The summed E-state index contributed by atoms with van der Waals surface area (Å²) in [4.78, 5) is 14.4. The van der Waals surface area contributed by atoms with Crippen LogP contribution in [0.4, 0.5) is 0 Å². The zero-order chi connectivity index (χ0) is 7.40. The van der Waals surface area contributed by atoms with Crippen molar-refractivity contribution in [2.45, 2.75) is 0 Å². The van der Waals surface area contributed by atoms with E-state index in [0.717, 1.165) is 0 Å². The fourth-order valence-corrected chi connectivity index (χ4v) is 0.745. The highest BCUT2D eigenvalue weighted by Gasteiger charge is 2.03. The first-order chi connectivity index (χ1) is 4.84. The van der Waals surface area contributed by atoms with E-state index in [9.17, 15) is 4.79 Å². The van der Waals surface area contributed by atoms with E-state index >= 15 is 0 Å². The van der Waals surface area contributed by atoms with E-state index in [2.05, 4.69) is 4.98 Å². The van der Waals surface area contributed by atoms with Crippen molar-refractivity contribution < 1.29 is 9.35 Å². The van der Waals surface area contributed by atoms with Crippen LogP contribution in [-0.4, -0.2) is 14.7 Å². The molecule has 0 aromatic carbocycles. The molecule has 10 heavy (non-hydrogen) atoms. The molecule has 0 fully saturated rings. The van der Waals surface area contributed by atoms with E-state index in [1.807, 2.05) is 0 Å². The van der Waals surface area contributed by atoms with Crippen molar-refractivity contribution in [3.05, 3.63) is 30.1 Å². The summed E-state index contributed by atoms with van der Waals surface area (Å²) in [5.74, 6) is 0. The highest BCUT2D eigenvalue weighted by Crippen LogP contribution is 2.03. The van der Waals surface area contributed by atoms with Crippen molar-refractivity contribution in [2.24, 2.45) is 0 Å². The normalized spacial score (nSPS) is 9.30. The van der Waals surface area contributed by atoms with Crippen LogP contribution >= 0.6 is 12.0 Å². The van der Waals surface area contributed by atoms with Gasteiger partial charge in [-0.3, -0.25) is 9.78 Å². The van der Waals surface area contributed by atoms with Gasteiger partial charge in [0.25, 0.3) is 5.12 Å². The second-order valence-corrected chi connectivity index (χ2v) is 2.15. The van der Waals surface area contributed by atoms with Gasteiger partial charge in [0.05, 0.1) is 12.0 Å². The van der Waals surface area contributed by atoms with Crippen LogP contribution in [0.1, 0.15) is 10.5 Å². The van der Waals surface area contributed by atoms with E-state index < -0.39 is 5.12 Å². The molecule has 3 nitrogen and oxygen atoms in total. The number of carbonyl (C=O) groups is 1. The molecule has 0 aliphatic carbocycles. The van der Waals surface area contributed by atoms with Crippen molar-refractivity contribution in [1.82, 2.24) is 4.98 Å². The minimum atomic E-state index is -0.430. The molecule has 0 saturated carbocycles. The summed E-state index contributed by atoms with van der Waals surface area (Å²) in [6.45, 7) is 0. The van der Waals surface area contributed by atoms with Gasteiger partial charge in [-0.2, -0.15) is 0 Å². The summed E-state index contributed by atoms with van der Waals surface area (Å²) in [7, 11) is 0. The lowest BCUT2D eigenvalue weighted by atomic mass is 10.4. The number of carbonyl (C=O) groups excluding carboxylic acids is 1. The van der Waals surface area contributed by atoms with Crippen LogP contribution < -0.4 is 0 Å². The molecule has 0 unspecified atom stereocenters. The van der Waals surface area contributed by atoms with Crippen LogP contribution in [0.15, 0.2) is 24.4 Å². The van der Waals surface area contributed by atoms with Crippen molar-refractivity contribution >= 4 is 17.2 Å². The molecule has 0 aliphatic heterocycles. The summed E-state index contributed by atoms with van der Waals surface area (Å²) in [5, 5.41) is -0.430. The van der Waals surface area contributed by atoms with Crippen LogP contribution in [-0.2, 0) is 0 Å². The Labute approximate surface area is 62.3 Å². The Morgan fingerprint density at radius 3 is 2.90 bits per heavy atom. The Balaban J connectivity index is 2.85. The summed E-state index contributed by atoms with van der Waals surface area (Å²) in [5.41, 5.74) is 0.273. The predicted octanol–water partition coefficient (Wildman–Crippen LogP) is 1.43. The quantitative estimate of drug-likeness (QED) is 0.623. The first kappa shape index (κ1) is 7.24. The van der Waals surface area contributed by atoms with Gasteiger partial charge in [0, 0.05) is 6.20 Å². The molecule has 4 heteroatoms. The van der Waals surface area contributed by atoms with Gasteiger partial charge in [-0.15, -0.1) is 0 Å². The van der Waals surface area contributed by atoms with E-state index in [1.54, 1.807) is 18.2 Å². The summed E-state index contributed by atoms with van der Waals surface area (Å²) >= 11 is 0.176. The Morgan fingerprint density at radius 2 is 2.40 bits per heavy atom. The minimum Gasteiger partial charge on any atom is -0.323 e. The number of hydrogen-bond donors (Lipinski definition) is 1. The maximum Gasteiger partial charge on any atom is 0.264 e. The van der Waals surface area contributed by atoms with E-state index in [-0.39, 0.29) is 17.7 Å². The number of rotatable bonds is 1. The van der Waals surface area contributed by atoms with Crippen molar-refractivity contribution in [3.8, 4) is 0 Å². The molecule has 1 aromatic rings. The summed E-state index contributed by atoms with van der Waals surface area (Å²) in [6, 6.07) is 4.95. The predicted molar refractivity (Wildman–Crippen MR) is 38.8 cm³/mol. The van der Waals surface area contributed by atoms with Gasteiger partial charge in [0.2, 0.25) is 0 Å².